The third-order valence-electron chi connectivity index (χ3n) is 10.7. The maximum absolute atomic E-state index is 14.3. The summed E-state index contributed by atoms with van der Waals surface area (Å²) < 4.78 is 17.6. The summed E-state index contributed by atoms with van der Waals surface area (Å²) in [5.41, 5.74) is 0.697. The highest BCUT2D eigenvalue weighted by Gasteiger charge is 2.45. The second-order valence-corrected chi connectivity index (χ2v) is 14.9. The Morgan fingerprint density at radius 1 is 0.942 bits per heavy atom. The molecule has 1 fully saturated rings. The number of aliphatic hydroxyl groups is 1. The Morgan fingerprint density at radius 2 is 1.56 bits per heavy atom. The van der Waals surface area contributed by atoms with Crippen molar-refractivity contribution in [2.24, 2.45) is 23.7 Å². The highest BCUT2D eigenvalue weighted by atomic mass is 16.5. The van der Waals surface area contributed by atoms with Gasteiger partial charge in [0.1, 0.15) is 6.04 Å². The van der Waals surface area contributed by atoms with Crippen LogP contribution < -0.4 is 16.0 Å². The van der Waals surface area contributed by atoms with Gasteiger partial charge in [0.05, 0.1) is 54.9 Å². The zero-order chi connectivity index (χ0) is 39.3. The molecule has 0 aliphatic carbocycles. The van der Waals surface area contributed by atoms with Crippen molar-refractivity contribution in [3.63, 3.8) is 0 Å². The molecule has 0 bridgehead atoms. The molecule has 296 valence electrons. The zero-order valence-electron chi connectivity index (χ0n) is 33.5. The number of carbonyl (C=O) groups is 4. The summed E-state index contributed by atoms with van der Waals surface area (Å²) in [6.45, 7) is 13.8. The van der Waals surface area contributed by atoms with E-state index >= 15 is 0 Å². The minimum absolute atomic E-state index is 0.0236. The van der Waals surface area contributed by atoms with Gasteiger partial charge in [-0.1, -0.05) is 85.2 Å². The van der Waals surface area contributed by atoms with Crippen molar-refractivity contribution >= 4 is 23.6 Å². The normalized spacial score (nSPS) is 20.8. The molecule has 0 aromatic heterocycles. The average molecular weight is 734 g/mol. The van der Waals surface area contributed by atoms with E-state index in [-0.39, 0.29) is 60.5 Å². The SMILES string of the molecule is CCC(C)[C@@H]([C@@H](CC(=O)N1C[C@H](OC)C[C@H]1[C@H](OC)[C@@H](C)C(=O)NCC(O)c1ccccc1)OC)N(C)C(=O)[C@@H](NC(=O)C(NC)C(C)C)C(C)C. The fourth-order valence-electron chi connectivity index (χ4n) is 7.35. The van der Waals surface area contributed by atoms with Crippen LogP contribution in [0.5, 0.6) is 0 Å². The fourth-order valence-corrected chi connectivity index (χ4v) is 7.35. The molecule has 2 rings (SSSR count). The zero-order valence-corrected chi connectivity index (χ0v) is 33.5. The first-order chi connectivity index (χ1) is 24.6. The van der Waals surface area contributed by atoms with Gasteiger partial charge in [-0.15, -0.1) is 0 Å². The lowest BCUT2D eigenvalue weighted by Gasteiger charge is -2.41. The van der Waals surface area contributed by atoms with E-state index in [4.69, 9.17) is 14.2 Å². The lowest BCUT2D eigenvalue weighted by Crippen LogP contribution is -2.59. The highest BCUT2D eigenvalue weighted by Crippen LogP contribution is 2.31. The second kappa shape index (κ2) is 21.6. The van der Waals surface area contributed by atoms with Gasteiger partial charge in [0.2, 0.25) is 23.6 Å². The topological polar surface area (TPSA) is 159 Å². The van der Waals surface area contributed by atoms with Crippen LogP contribution in [-0.4, -0.2) is 130 Å². The molecular formula is C39H67N5O8. The van der Waals surface area contributed by atoms with Crippen LogP contribution in [-0.2, 0) is 33.4 Å². The summed E-state index contributed by atoms with van der Waals surface area (Å²) in [5.74, 6) is -1.86. The van der Waals surface area contributed by atoms with E-state index in [0.29, 0.717) is 18.5 Å². The smallest absolute Gasteiger partial charge is 0.245 e. The van der Waals surface area contributed by atoms with Gasteiger partial charge in [-0.25, -0.2) is 0 Å². The largest absolute Gasteiger partial charge is 0.387 e. The number of rotatable bonds is 21. The van der Waals surface area contributed by atoms with Crippen LogP contribution in [0.1, 0.15) is 79.4 Å². The van der Waals surface area contributed by atoms with Crippen LogP contribution >= 0.6 is 0 Å². The van der Waals surface area contributed by atoms with Gasteiger partial charge >= 0.3 is 0 Å². The number of ether oxygens (including phenoxy) is 3. The molecule has 0 saturated carbocycles. The maximum Gasteiger partial charge on any atom is 0.245 e. The van der Waals surface area contributed by atoms with E-state index in [1.807, 2.05) is 59.7 Å². The fraction of sp³-hybridized carbons (Fsp3) is 0.744. The molecule has 1 aliphatic rings. The monoisotopic (exact) mass is 733 g/mol. The van der Waals surface area contributed by atoms with Crippen molar-refractivity contribution in [3.05, 3.63) is 35.9 Å². The molecular weight excluding hydrogens is 666 g/mol. The standard InChI is InChI=1S/C39H67N5O8/c1-13-25(6)35(43(9)39(49)34(24(4)5)42-38(48)33(40-8)23(2)3)31(51-11)20-32(46)44-22-28(50-10)19-29(44)36(52-12)26(7)37(47)41-21-30(45)27-17-15-14-16-18-27/h14-18,23-26,28-31,33-36,40,45H,13,19-22H2,1-12H3,(H,41,47)(H,42,48)/t25?,26-,28-,29+,30?,31-,33?,34+,35+,36-/m1/s1. The van der Waals surface area contributed by atoms with Gasteiger partial charge < -0.3 is 45.1 Å². The third-order valence-corrected chi connectivity index (χ3v) is 10.7. The van der Waals surface area contributed by atoms with Crippen molar-refractivity contribution in [3.8, 4) is 0 Å². The van der Waals surface area contributed by atoms with Crippen LogP contribution in [0.15, 0.2) is 30.3 Å². The molecule has 13 heteroatoms. The molecule has 0 spiro atoms. The lowest BCUT2D eigenvalue weighted by atomic mass is 9.89. The van der Waals surface area contributed by atoms with Crippen molar-refractivity contribution in [1.29, 1.82) is 0 Å². The number of likely N-dealkylation sites (N-methyl/N-ethyl adjacent to an activating group) is 2. The van der Waals surface area contributed by atoms with Gasteiger partial charge in [-0.05, 0) is 36.8 Å². The van der Waals surface area contributed by atoms with Crippen LogP contribution in [0.4, 0.5) is 0 Å². The number of likely N-dealkylation sites (tertiary alicyclic amines) is 1. The van der Waals surface area contributed by atoms with Crippen molar-refractivity contribution in [2.75, 3.05) is 48.5 Å². The van der Waals surface area contributed by atoms with E-state index in [1.54, 1.807) is 57.2 Å². The first-order valence-electron chi connectivity index (χ1n) is 18.7. The molecule has 1 saturated heterocycles. The van der Waals surface area contributed by atoms with Crippen LogP contribution in [0.3, 0.4) is 0 Å². The number of methoxy groups -OCH3 is 3. The molecule has 1 aromatic rings. The van der Waals surface area contributed by atoms with Crippen molar-refractivity contribution in [1.82, 2.24) is 25.8 Å². The number of hydrogen-bond acceptors (Lipinski definition) is 9. The summed E-state index contributed by atoms with van der Waals surface area (Å²) >= 11 is 0. The quantitative estimate of drug-likeness (QED) is 0.149. The molecule has 4 N–H and O–H groups in total. The Morgan fingerprint density at radius 3 is 2.06 bits per heavy atom. The van der Waals surface area contributed by atoms with Crippen LogP contribution in [0, 0.1) is 23.7 Å². The van der Waals surface area contributed by atoms with Gasteiger partial charge in [0.15, 0.2) is 0 Å². The number of carbonyl (C=O) groups excluding carboxylic acids is 4. The predicted molar refractivity (Wildman–Crippen MR) is 201 cm³/mol. The first-order valence-corrected chi connectivity index (χ1v) is 18.7. The summed E-state index contributed by atoms with van der Waals surface area (Å²) in [5, 5.41) is 19.5. The number of aliphatic hydroxyl groups excluding tert-OH is 1. The molecule has 1 aromatic carbocycles. The van der Waals surface area contributed by atoms with E-state index in [2.05, 4.69) is 16.0 Å². The Balaban J connectivity index is 2.29. The number of amides is 4. The van der Waals surface area contributed by atoms with E-state index in [1.165, 1.54) is 7.11 Å². The van der Waals surface area contributed by atoms with Gasteiger partial charge in [0.25, 0.3) is 0 Å². The molecule has 4 amide bonds. The van der Waals surface area contributed by atoms with Crippen LogP contribution in [0.2, 0.25) is 0 Å². The highest BCUT2D eigenvalue weighted by molar-refractivity contribution is 5.90. The lowest BCUT2D eigenvalue weighted by molar-refractivity contribution is -0.148. The Hall–Kier alpha value is -3.10. The molecule has 3 unspecified atom stereocenters. The van der Waals surface area contributed by atoms with Crippen molar-refractivity contribution in [2.45, 2.75) is 116 Å². The molecule has 0 radical (unpaired) electrons. The number of benzene rings is 1. The van der Waals surface area contributed by atoms with Gasteiger partial charge in [-0.2, -0.15) is 0 Å². The second-order valence-electron chi connectivity index (χ2n) is 14.9. The van der Waals surface area contributed by atoms with Crippen LogP contribution in [0.25, 0.3) is 0 Å². The summed E-state index contributed by atoms with van der Waals surface area (Å²) in [4.78, 5) is 58.3. The predicted octanol–water partition coefficient (Wildman–Crippen LogP) is 2.77. The molecule has 10 atom stereocenters. The third kappa shape index (κ3) is 11.7. The molecule has 1 heterocycles. The Kier molecular flexibility index (Phi) is 18.7. The van der Waals surface area contributed by atoms with Gasteiger partial charge in [0, 0.05) is 41.5 Å². The van der Waals surface area contributed by atoms with E-state index in [9.17, 15) is 24.3 Å². The van der Waals surface area contributed by atoms with E-state index < -0.39 is 48.4 Å². The molecule has 1 aliphatic heterocycles. The minimum Gasteiger partial charge on any atom is -0.387 e. The minimum atomic E-state index is -0.868. The Labute approximate surface area is 311 Å². The van der Waals surface area contributed by atoms with Gasteiger partial charge in [-0.3, -0.25) is 19.2 Å². The number of hydrogen-bond donors (Lipinski definition) is 4. The molecule has 52 heavy (non-hydrogen) atoms. The summed E-state index contributed by atoms with van der Waals surface area (Å²) in [7, 11) is 8.10. The first kappa shape index (κ1) is 45.1. The van der Waals surface area contributed by atoms with Crippen molar-refractivity contribution < 1.29 is 38.5 Å². The Bertz CT molecular complexity index is 1270. The number of nitrogens with one attached hydrogen (secondary N) is 3. The summed E-state index contributed by atoms with van der Waals surface area (Å²) in [6.07, 6.45) is -1.28. The molecule has 13 nitrogen and oxygen atoms in total. The maximum atomic E-state index is 14.3. The average Bonchev–Trinajstić information content (AvgIpc) is 3.56. The van der Waals surface area contributed by atoms with E-state index in [0.717, 1.165) is 6.42 Å². The number of nitrogens with zero attached hydrogens (tertiary/aromatic N) is 2. The summed E-state index contributed by atoms with van der Waals surface area (Å²) in [6, 6.07) is 6.93.